The molecule has 2 aromatic rings. The molecule has 5 saturated carbocycles. The van der Waals surface area contributed by atoms with Gasteiger partial charge in [0.05, 0.1) is 24.9 Å². The van der Waals surface area contributed by atoms with Crippen LogP contribution >= 0.6 is 0 Å². The van der Waals surface area contributed by atoms with Gasteiger partial charge in [-0.25, -0.2) is 4.79 Å². The molecule has 5 aliphatic carbocycles. The summed E-state index contributed by atoms with van der Waals surface area (Å²) in [5, 5.41) is 19.6. The summed E-state index contributed by atoms with van der Waals surface area (Å²) in [5.74, 6) is 3.11. The van der Waals surface area contributed by atoms with Crippen molar-refractivity contribution in [3.05, 3.63) is 70.8 Å². The molecule has 2 heterocycles. The van der Waals surface area contributed by atoms with Crippen LogP contribution in [-0.2, 0) is 27.4 Å². The van der Waals surface area contributed by atoms with Crippen molar-refractivity contribution in [2.24, 2.45) is 29.6 Å². The second-order valence-corrected chi connectivity index (χ2v) is 19.2. The molecule has 9 rings (SSSR count). The van der Waals surface area contributed by atoms with Gasteiger partial charge < -0.3 is 30.5 Å². The zero-order valence-electron chi connectivity index (χ0n) is 33.0. The van der Waals surface area contributed by atoms with Crippen LogP contribution in [0.3, 0.4) is 0 Å². The summed E-state index contributed by atoms with van der Waals surface area (Å²) in [6.45, 7) is 9.50. The number of piperidine rings is 1. The highest BCUT2D eigenvalue weighted by atomic mass is 16.7. The third-order valence-corrected chi connectivity index (χ3v) is 13.9. The summed E-state index contributed by atoms with van der Waals surface area (Å²) in [7, 11) is 0. The number of aliphatic hydroxyl groups excluding tert-OH is 1. The van der Waals surface area contributed by atoms with Crippen molar-refractivity contribution in [1.29, 1.82) is 0 Å². The van der Waals surface area contributed by atoms with E-state index in [0.29, 0.717) is 25.0 Å². The number of carbonyl (C=O) groups excluding carboxylic acids is 2. The van der Waals surface area contributed by atoms with Crippen molar-refractivity contribution in [3.63, 3.8) is 0 Å². The molecule has 294 valence electrons. The topological polar surface area (TPSA) is 112 Å². The molecule has 4 bridgehead atoms. The average Bonchev–Trinajstić information content (AvgIpc) is 3.13. The number of nitrogens with one attached hydrogen (secondary N) is 3. The number of carbonyl (C=O) groups is 2. The van der Waals surface area contributed by atoms with Gasteiger partial charge in [-0.05, 0) is 125 Å². The number of ether oxygens (including phenoxy) is 2. The molecule has 0 radical (unpaired) electrons. The Labute approximate surface area is 322 Å². The summed E-state index contributed by atoms with van der Waals surface area (Å²) < 4.78 is 13.8. The van der Waals surface area contributed by atoms with Crippen molar-refractivity contribution < 1.29 is 24.2 Å². The van der Waals surface area contributed by atoms with E-state index in [2.05, 4.69) is 84.9 Å². The number of rotatable bonds is 9. The van der Waals surface area contributed by atoms with E-state index < -0.39 is 6.29 Å². The first-order valence-corrected chi connectivity index (χ1v) is 21.2. The minimum absolute atomic E-state index is 0.00359. The van der Waals surface area contributed by atoms with Crippen molar-refractivity contribution in [3.8, 4) is 0 Å². The first-order chi connectivity index (χ1) is 25.9. The second kappa shape index (κ2) is 15.5. The minimum Gasteiger partial charge on any atom is -0.392 e. The summed E-state index contributed by atoms with van der Waals surface area (Å²) in [4.78, 5) is 29.6. The van der Waals surface area contributed by atoms with Crippen LogP contribution in [0.5, 0.6) is 0 Å². The molecule has 4 N–H and O–H groups in total. The highest BCUT2D eigenvalue weighted by Crippen LogP contribution is 2.55. The number of fused-ring (bicyclic) bond motifs is 1. The Kier molecular flexibility index (Phi) is 10.9. The summed E-state index contributed by atoms with van der Waals surface area (Å²) in [6, 6.07) is 16.4. The normalized spacial score (nSPS) is 36.3. The number of hydrogen-bond acceptors (Lipinski definition) is 6. The van der Waals surface area contributed by atoms with Crippen molar-refractivity contribution >= 4 is 11.9 Å². The lowest BCUT2D eigenvalue weighted by atomic mass is 9.53. The first-order valence-electron chi connectivity index (χ1n) is 21.2. The van der Waals surface area contributed by atoms with E-state index in [1.165, 1.54) is 38.5 Å². The van der Waals surface area contributed by atoms with Gasteiger partial charge in [-0.2, -0.15) is 0 Å². The predicted octanol–water partition coefficient (Wildman–Crippen LogP) is 7.68. The van der Waals surface area contributed by atoms with E-state index in [9.17, 15) is 14.7 Å². The van der Waals surface area contributed by atoms with E-state index >= 15 is 0 Å². The second-order valence-electron chi connectivity index (χ2n) is 19.2. The molecule has 3 amide bonds. The Morgan fingerprint density at radius 3 is 2.11 bits per heavy atom. The first kappa shape index (κ1) is 37.9. The molecule has 9 nitrogen and oxygen atoms in total. The van der Waals surface area contributed by atoms with Crippen LogP contribution in [0.4, 0.5) is 4.79 Å². The molecular formula is C45H64N4O5. The Morgan fingerprint density at radius 1 is 0.833 bits per heavy atom. The fourth-order valence-electron chi connectivity index (χ4n) is 11.8. The van der Waals surface area contributed by atoms with Gasteiger partial charge in [0.25, 0.3) is 0 Å². The van der Waals surface area contributed by atoms with E-state index in [4.69, 9.17) is 9.47 Å². The molecule has 9 heteroatoms. The fourth-order valence-corrected chi connectivity index (χ4v) is 11.8. The predicted molar refractivity (Wildman–Crippen MR) is 209 cm³/mol. The van der Waals surface area contributed by atoms with Crippen LogP contribution in [0.2, 0.25) is 0 Å². The molecule has 54 heavy (non-hydrogen) atoms. The highest BCUT2D eigenvalue weighted by Gasteiger charge is 2.52. The van der Waals surface area contributed by atoms with Gasteiger partial charge in [0.2, 0.25) is 5.91 Å². The van der Waals surface area contributed by atoms with E-state index in [0.717, 1.165) is 78.5 Å². The highest BCUT2D eigenvalue weighted by molar-refractivity contribution is 5.82. The van der Waals surface area contributed by atoms with Gasteiger partial charge in [-0.3, -0.25) is 9.69 Å². The average molecular weight is 741 g/mol. The van der Waals surface area contributed by atoms with E-state index in [1.807, 2.05) is 12.1 Å². The summed E-state index contributed by atoms with van der Waals surface area (Å²) in [5.41, 5.74) is 3.57. The van der Waals surface area contributed by atoms with Gasteiger partial charge in [0, 0.05) is 41.7 Å². The Morgan fingerprint density at radius 2 is 1.46 bits per heavy atom. The number of aliphatic hydroxyl groups is 1. The molecule has 2 saturated heterocycles. The van der Waals surface area contributed by atoms with Crippen LogP contribution < -0.4 is 16.0 Å². The largest absolute Gasteiger partial charge is 0.392 e. The van der Waals surface area contributed by atoms with Gasteiger partial charge in [0.1, 0.15) is 0 Å². The Hall–Kier alpha value is -2.98. The maximum Gasteiger partial charge on any atom is 0.315 e. The van der Waals surface area contributed by atoms with Crippen molar-refractivity contribution in [1.82, 2.24) is 20.9 Å². The van der Waals surface area contributed by atoms with Crippen LogP contribution in [-0.4, -0.2) is 57.8 Å². The van der Waals surface area contributed by atoms with Gasteiger partial charge >= 0.3 is 6.03 Å². The number of amides is 3. The lowest BCUT2D eigenvalue weighted by Gasteiger charge is -2.56. The smallest absolute Gasteiger partial charge is 0.315 e. The minimum atomic E-state index is -0.594. The number of hydrogen-bond donors (Lipinski definition) is 4. The van der Waals surface area contributed by atoms with Crippen LogP contribution in [0.1, 0.15) is 139 Å². The Bertz CT molecular complexity index is 1590. The molecular weight excluding hydrogens is 677 g/mol. The third-order valence-electron chi connectivity index (χ3n) is 13.9. The third kappa shape index (κ3) is 8.25. The SMILES string of the molecule is CC1C(CN2C(C(=O)NC(C)(C)C)CCC3CCCCC32)OC(c2ccc(CNC(=O)NC34CC5CC(CC(C5)C3)C4)cc2)OC1c1ccc(CO)cc1. The zero-order valence-corrected chi connectivity index (χ0v) is 33.0. The quantitative estimate of drug-likeness (QED) is 0.210. The molecule has 7 atom stereocenters. The van der Waals surface area contributed by atoms with Gasteiger partial charge in [-0.15, -0.1) is 0 Å². The van der Waals surface area contributed by atoms with E-state index in [1.54, 1.807) is 0 Å². The Balaban J connectivity index is 0.983. The fraction of sp³-hybridized carbons (Fsp3) is 0.689. The lowest BCUT2D eigenvalue weighted by Crippen LogP contribution is -2.61. The lowest BCUT2D eigenvalue weighted by molar-refractivity contribution is -0.278. The zero-order chi connectivity index (χ0) is 37.6. The van der Waals surface area contributed by atoms with Crippen molar-refractivity contribution in [2.75, 3.05) is 6.54 Å². The van der Waals surface area contributed by atoms with Crippen LogP contribution in [0.25, 0.3) is 0 Å². The number of benzene rings is 2. The van der Waals surface area contributed by atoms with Crippen molar-refractivity contribution in [2.45, 2.75) is 160 Å². The van der Waals surface area contributed by atoms with Gasteiger partial charge in [0.15, 0.2) is 6.29 Å². The molecule has 2 aliphatic heterocycles. The van der Waals surface area contributed by atoms with Gasteiger partial charge in [-0.1, -0.05) is 68.3 Å². The monoisotopic (exact) mass is 740 g/mol. The molecule has 7 fully saturated rings. The maximum absolute atomic E-state index is 13.9. The number of likely N-dealkylation sites (tertiary alicyclic amines) is 1. The molecule has 7 aliphatic rings. The number of urea groups is 1. The molecule has 7 unspecified atom stereocenters. The van der Waals surface area contributed by atoms with Crippen LogP contribution in [0.15, 0.2) is 48.5 Å². The summed E-state index contributed by atoms with van der Waals surface area (Å²) in [6.07, 6.45) is 13.3. The molecule has 0 spiro atoms. The summed E-state index contributed by atoms with van der Waals surface area (Å²) >= 11 is 0. The standard InChI is InChI=1S/C45H64N4O5/c1-28-39(26-49-37-8-6-5-7-34(37)17-18-38(49)41(51)47-44(2,3)4)53-42(54-40(28)35-13-11-30(27-50)12-14-35)36-15-9-29(10-16-36)25-46-43(52)48-45-22-31-19-32(23-45)21-33(20-31)24-45/h9-16,28,31-34,37-40,42,50H,5-8,17-27H2,1-4H3,(H,47,51)(H2,46,48,52). The van der Waals surface area contributed by atoms with Crippen LogP contribution in [0, 0.1) is 29.6 Å². The van der Waals surface area contributed by atoms with E-state index in [-0.39, 0.29) is 53.8 Å². The molecule has 2 aromatic carbocycles. The maximum atomic E-state index is 13.9. The molecule has 0 aromatic heterocycles. The number of nitrogens with zero attached hydrogens (tertiary/aromatic N) is 1.